The van der Waals surface area contributed by atoms with Crippen LogP contribution in [0, 0.1) is 10.1 Å². The molecule has 1 heterocycles. The standard InChI is InChI=1S/C26H31N3O10/c1-25(2,3)39-24(35)28-18(9-12-21(30)31)13-26(14-22(32)33,20-11-10-19(15-27-20)29(36)37)23(34)38-16-17-7-5-4-6-8-17/h4-8,10-11,15,18H,9,12-14,16H2,1-3H3,(H,28,35)(H,30,31)(H,32,33). The summed E-state index contributed by atoms with van der Waals surface area (Å²) >= 11 is 0. The summed E-state index contributed by atoms with van der Waals surface area (Å²) in [7, 11) is 0. The molecule has 0 saturated carbocycles. The Kier molecular flexibility index (Phi) is 10.5. The molecule has 0 aliphatic carbocycles. The largest absolute Gasteiger partial charge is 0.481 e. The number of aliphatic carboxylic acids is 2. The fourth-order valence-corrected chi connectivity index (χ4v) is 3.84. The number of rotatable bonds is 13. The number of amides is 1. The lowest BCUT2D eigenvalue weighted by atomic mass is 9.74. The quantitative estimate of drug-likeness (QED) is 0.189. The summed E-state index contributed by atoms with van der Waals surface area (Å²) in [5, 5.41) is 32.7. The lowest BCUT2D eigenvalue weighted by Gasteiger charge is -2.33. The van der Waals surface area contributed by atoms with Crippen molar-refractivity contribution in [3.05, 3.63) is 70.0 Å². The molecular formula is C26H31N3O10. The van der Waals surface area contributed by atoms with Crippen LogP contribution in [0.3, 0.4) is 0 Å². The van der Waals surface area contributed by atoms with Gasteiger partial charge in [0.15, 0.2) is 0 Å². The van der Waals surface area contributed by atoms with Crippen LogP contribution in [0.1, 0.15) is 57.7 Å². The van der Waals surface area contributed by atoms with Crippen LogP contribution in [0.4, 0.5) is 10.5 Å². The van der Waals surface area contributed by atoms with Gasteiger partial charge in [-0.2, -0.15) is 0 Å². The molecule has 0 aliphatic rings. The molecule has 0 saturated heterocycles. The van der Waals surface area contributed by atoms with E-state index in [1.54, 1.807) is 51.1 Å². The van der Waals surface area contributed by atoms with E-state index in [0.29, 0.717) is 5.56 Å². The minimum absolute atomic E-state index is 0.153. The van der Waals surface area contributed by atoms with Crippen molar-refractivity contribution in [1.29, 1.82) is 0 Å². The second-order valence-electron chi connectivity index (χ2n) is 9.85. The number of carbonyl (C=O) groups excluding carboxylic acids is 2. The van der Waals surface area contributed by atoms with Crippen LogP contribution in [-0.2, 0) is 35.9 Å². The fourth-order valence-electron chi connectivity index (χ4n) is 3.84. The van der Waals surface area contributed by atoms with Crippen LogP contribution in [0.15, 0.2) is 48.7 Å². The molecule has 13 nitrogen and oxygen atoms in total. The highest BCUT2D eigenvalue weighted by molar-refractivity contribution is 5.88. The molecule has 2 atom stereocenters. The normalized spacial score (nSPS) is 13.4. The zero-order chi connectivity index (χ0) is 29.2. The molecular weight excluding hydrogens is 514 g/mol. The van der Waals surface area contributed by atoms with E-state index >= 15 is 0 Å². The highest BCUT2D eigenvalue weighted by Gasteiger charge is 2.47. The van der Waals surface area contributed by atoms with Crippen molar-refractivity contribution in [3.63, 3.8) is 0 Å². The zero-order valence-electron chi connectivity index (χ0n) is 21.8. The van der Waals surface area contributed by atoms with Crippen LogP contribution in [0.25, 0.3) is 0 Å². The Hall–Kier alpha value is -4.55. The smallest absolute Gasteiger partial charge is 0.407 e. The van der Waals surface area contributed by atoms with Gasteiger partial charge >= 0.3 is 24.0 Å². The summed E-state index contributed by atoms with van der Waals surface area (Å²) in [6.07, 6.45) is -1.93. The number of carboxylic acid groups (broad SMARTS) is 2. The maximum Gasteiger partial charge on any atom is 0.407 e. The lowest BCUT2D eigenvalue weighted by molar-refractivity contribution is -0.385. The first kappa shape index (κ1) is 30.7. The second-order valence-corrected chi connectivity index (χ2v) is 9.85. The van der Waals surface area contributed by atoms with Crippen LogP contribution in [0.5, 0.6) is 0 Å². The number of esters is 1. The molecule has 0 radical (unpaired) electrons. The number of hydrogen-bond donors (Lipinski definition) is 3. The molecule has 0 fully saturated rings. The van der Waals surface area contributed by atoms with E-state index in [1.807, 2.05) is 0 Å². The van der Waals surface area contributed by atoms with E-state index in [4.69, 9.17) is 9.47 Å². The van der Waals surface area contributed by atoms with Crippen molar-refractivity contribution in [2.75, 3.05) is 0 Å². The van der Waals surface area contributed by atoms with E-state index < -0.39 is 70.9 Å². The van der Waals surface area contributed by atoms with E-state index in [0.717, 1.165) is 18.3 Å². The van der Waals surface area contributed by atoms with Gasteiger partial charge in [-0.25, -0.2) is 4.79 Å². The summed E-state index contributed by atoms with van der Waals surface area (Å²) in [4.78, 5) is 64.1. The van der Waals surface area contributed by atoms with Gasteiger partial charge < -0.3 is 25.0 Å². The van der Waals surface area contributed by atoms with E-state index in [2.05, 4.69) is 10.3 Å². The van der Waals surface area contributed by atoms with Gasteiger partial charge in [0, 0.05) is 18.5 Å². The number of carbonyl (C=O) groups is 4. The van der Waals surface area contributed by atoms with Crippen molar-refractivity contribution in [3.8, 4) is 0 Å². The molecule has 1 amide bonds. The second kappa shape index (κ2) is 13.3. The van der Waals surface area contributed by atoms with Crippen molar-refractivity contribution in [2.24, 2.45) is 0 Å². The van der Waals surface area contributed by atoms with Gasteiger partial charge in [-0.1, -0.05) is 30.3 Å². The maximum atomic E-state index is 13.7. The average molecular weight is 546 g/mol. The Morgan fingerprint density at radius 3 is 2.23 bits per heavy atom. The topological polar surface area (TPSA) is 195 Å². The van der Waals surface area contributed by atoms with Gasteiger partial charge in [0.05, 0.1) is 17.0 Å². The van der Waals surface area contributed by atoms with Crippen molar-refractivity contribution in [2.45, 2.75) is 70.1 Å². The first-order chi connectivity index (χ1) is 18.2. The first-order valence-corrected chi connectivity index (χ1v) is 12.0. The highest BCUT2D eigenvalue weighted by atomic mass is 16.6. The minimum atomic E-state index is -2.05. The van der Waals surface area contributed by atoms with Crippen LogP contribution >= 0.6 is 0 Å². The molecule has 2 unspecified atom stereocenters. The first-order valence-electron chi connectivity index (χ1n) is 12.0. The number of aromatic nitrogens is 1. The van der Waals surface area contributed by atoms with Gasteiger partial charge in [-0.15, -0.1) is 0 Å². The number of alkyl carbamates (subject to hydrolysis) is 1. The molecule has 2 aromatic rings. The monoisotopic (exact) mass is 545 g/mol. The molecule has 0 aliphatic heterocycles. The number of benzene rings is 1. The molecule has 210 valence electrons. The predicted molar refractivity (Wildman–Crippen MR) is 136 cm³/mol. The summed E-state index contributed by atoms with van der Waals surface area (Å²) < 4.78 is 10.8. The third kappa shape index (κ3) is 9.68. The molecule has 39 heavy (non-hydrogen) atoms. The van der Waals surface area contributed by atoms with Gasteiger partial charge in [0.1, 0.15) is 23.8 Å². The van der Waals surface area contributed by atoms with Crippen molar-refractivity contribution in [1.82, 2.24) is 10.3 Å². The maximum absolute atomic E-state index is 13.7. The minimum Gasteiger partial charge on any atom is -0.481 e. The van der Waals surface area contributed by atoms with E-state index in [-0.39, 0.29) is 18.7 Å². The summed E-state index contributed by atoms with van der Waals surface area (Å²) in [5.41, 5.74) is -2.88. The molecule has 13 heteroatoms. The number of ether oxygens (including phenoxy) is 2. The Bertz CT molecular complexity index is 1180. The molecule has 1 aromatic carbocycles. The summed E-state index contributed by atoms with van der Waals surface area (Å²) in [6, 6.07) is 9.72. The Balaban J connectivity index is 2.55. The number of hydrogen-bond acceptors (Lipinski definition) is 9. The molecule has 2 rings (SSSR count). The Morgan fingerprint density at radius 2 is 1.72 bits per heavy atom. The third-order valence-corrected chi connectivity index (χ3v) is 5.53. The van der Waals surface area contributed by atoms with Crippen molar-refractivity contribution < 1.29 is 43.8 Å². The SMILES string of the molecule is CC(C)(C)OC(=O)NC(CCC(=O)O)CC(CC(=O)O)(C(=O)OCc1ccccc1)c1ccc([N+](=O)[O-])cn1. The van der Waals surface area contributed by atoms with Crippen LogP contribution < -0.4 is 5.32 Å². The number of carboxylic acids is 2. The number of nitrogens with zero attached hydrogens (tertiary/aromatic N) is 2. The van der Waals surface area contributed by atoms with Gasteiger partial charge in [-0.3, -0.25) is 29.5 Å². The Labute approximate surface area is 224 Å². The zero-order valence-corrected chi connectivity index (χ0v) is 21.8. The number of nitro groups is 1. The fraction of sp³-hybridized carbons (Fsp3) is 0.423. The summed E-state index contributed by atoms with van der Waals surface area (Å²) in [5.74, 6) is -3.61. The highest BCUT2D eigenvalue weighted by Crippen LogP contribution is 2.36. The molecule has 0 spiro atoms. The lowest BCUT2D eigenvalue weighted by Crippen LogP contribution is -2.48. The van der Waals surface area contributed by atoms with E-state index in [9.17, 15) is 39.5 Å². The number of nitrogens with one attached hydrogen (secondary N) is 1. The van der Waals surface area contributed by atoms with Gasteiger partial charge in [0.2, 0.25) is 0 Å². The third-order valence-electron chi connectivity index (χ3n) is 5.53. The van der Waals surface area contributed by atoms with Crippen LogP contribution in [-0.4, -0.2) is 55.8 Å². The van der Waals surface area contributed by atoms with E-state index in [1.165, 1.54) is 0 Å². The predicted octanol–water partition coefficient (Wildman–Crippen LogP) is 3.59. The molecule has 1 aromatic heterocycles. The molecule has 3 N–H and O–H groups in total. The van der Waals surface area contributed by atoms with Crippen LogP contribution in [0.2, 0.25) is 0 Å². The Morgan fingerprint density at radius 1 is 1.05 bits per heavy atom. The average Bonchev–Trinajstić information content (AvgIpc) is 2.84. The van der Waals surface area contributed by atoms with Gasteiger partial charge in [0.25, 0.3) is 5.69 Å². The number of pyridine rings is 1. The summed E-state index contributed by atoms with van der Waals surface area (Å²) in [6.45, 7) is 4.65. The molecule has 0 bridgehead atoms. The van der Waals surface area contributed by atoms with Gasteiger partial charge in [-0.05, 0) is 45.2 Å². The van der Waals surface area contributed by atoms with Crippen molar-refractivity contribution >= 4 is 29.7 Å².